The highest BCUT2D eigenvalue weighted by Gasteiger charge is 2.46. The van der Waals surface area contributed by atoms with Crippen LogP contribution in [-0.2, 0) is 14.3 Å². The number of Topliss-reactive ketones (excluding diaryl/α,β-unsaturated/α-hetero) is 1. The van der Waals surface area contributed by atoms with Gasteiger partial charge in [0.25, 0.3) is 11.7 Å². The van der Waals surface area contributed by atoms with Crippen LogP contribution in [0.2, 0.25) is 0 Å². The van der Waals surface area contributed by atoms with Gasteiger partial charge in [0.1, 0.15) is 11.5 Å². The number of carbonyl (C=O) groups is 2. The lowest BCUT2D eigenvalue weighted by atomic mass is 9.96. The first-order valence-electron chi connectivity index (χ1n) is 8.90. The molecular weight excluding hydrogens is 360 g/mol. The number of amides is 1. The van der Waals surface area contributed by atoms with Crippen LogP contribution in [0.4, 0.5) is 0 Å². The van der Waals surface area contributed by atoms with Gasteiger partial charge in [-0.2, -0.15) is 0 Å². The minimum atomic E-state index is -0.727. The van der Waals surface area contributed by atoms with Crippen molar-refractivity contribution in [3.63, 3.8) is 0 Å². The Balaban J connectivity index is 2.14. The number of ketones is 1. The van der Waals surface area contributed by atoms with Gasteiger partial charge in [-0.1, -0.05) is 18.2 Å². The van der Waals surface area contributed by atoms with E-state index < -0.39 is 17.7 Å². The number of aliphatic hydroxyl groups is 1. The van der Waals surface area contributed by atoms with Crippen LogP contribution >= 0.6 is 0 Å². The standard InChI is InChI=1S/C21H22N2O5/c1-27-12-6-11-23-18(14-7-5-10-22-13-14)17(20(25)21(23)26)19(24)15-8-3-4-9-16(15)28-2/h3-5,7-10,13,18,24H,6,11-12H2,1-2H3/b19-17-. The molecule has 1 amide bonds. The number of carbonyl (C=O) groups excluding carboxylic acids is 2. The number of methoxy groups -OCH3 is 2. The predicted octanol–water partition coefficient (Wildman–Crippen LogP) is 2.55. The summed E-state index contributed by atoms with van der Waals surface area (Å²) in [5.74, 6) is -1.23. The van der Waals surface area contributed by atoms with Crippen LogP contribution in [0, 0.1) is 0 Å². The zero-order valence-electron chi connectivity index (χ0n) is 15.8. The van der Waals surface area contributed by atoms with E-state index in [4.69, 9.17) is 9.47 Å². The van der Waals surface area contributed by atoms with Gasteiger partial charge in [-0.15, -0.1) is 0 Å². The fourth-order valence-electron chi connectivity index (χ4n) is 3.36. The van der Waals surface area contributed by atoms with E-state index in [0.717, 1.165) is 0 Å². The molecule has 28 heavy (non-hydrogen) atoms. The molecule has 2 aromatic rings. The highest BCUT2D eigenvalue weighted by molar-refractivity contribution is 6.46. The first kappa shape index (κ1) is 19.6. The number of aromatic nitrogens is 1. The van der Waals surface area contributed by atoms with Crippen LogP contribution in [0.15, 0.2) is 54.4 Å². The van der Waals surface area contributed by atoms with Gasteiger partial charge in [0.2, 0.25) is 0 Å². The third-order valence-electron chi connectivity index (χ3n) is 4.65. The smallest absolute Gasteiger partial charge is 0.295 e. The molecular formula is C21H22N2O5. The van der Waals surface area contributed by atoms with E-state index >= 15 is 0 Å². The normalized spacial score (nSPS) is 18.5. The van der Waals surface area contributed by atoms with Gasteiger partial charge in [-0.25, -0.2) is 0 Å². The Hall–Kier alpha value is -3.19. The van der Waals surface area contributed by atoms with E-state index in [1.54, 1.807) is 55.9 Å². The molecule has 1 saturated heterocycles. The first-order chi connectivity index (χ1) is 13.6. The Kier molecular flexibility index (Phi) is 6.06. The summed E-state index contributed by atoms with van der Waals surface area (Å²) in [5, 5.41) is 11.0. The van der Waals surface area contributed by atoms with Gasteiger partial charge in [0.05, 0.1) is 24.3 Å². The summed E-state index contributed by atoms with van der Waals surface area (Å²) in [6.45, 7) is 0.774. The average Bonchev–Trinajstić information content (AvgIpc) is 2.99. The van der Waals surface area contributed by atoms with Crippen molar-refractivity contribution < 1.29 is 24.2 Å². The molecule has 1 aliphatic heterocycles. The Morgan fingerprint density at radius 1 is 1.18 bits per heavy atom. The van der Waals surface area contributed by atoms with Gasteiger partial charge in [0, 0.05) is 32.7 Å². The number of pyridine rings is 1. The van der Waals surface area contributed by atoms with Crippen molar-refractivity contribution >= 4 is 17.4 Å². The fraction of sp³-hybridized carbons (Fsp3) is 0.286. The summed E-state index contributed by atoms with van der Waals surface area (Å²) in [4.78, 5) is 31.1. The van der Waals surface area contributed by atoms with Crippen molar-refractivity contribution in [2.24, 2.45) is 0 Å². The van der Waals surface area contributed by atoms with Gasteiger partial charge in [-0.05, 0) is 30.2 Å². The molecule has 0 saturated carbocycles. The molecule has 146 valence electrons. The molecule has 0 aliphatic carbocycles. The van der Waals surface area contributed by atoms with Crippen LogP contribution in [-0.4, -0.2) is 54.1 Å². The minimum absolute atomic E-state index is 0.0277. The molecule has 1 aromatic carbocycles. The second kappa shape index (κ2) is 8.67. The summed E-state index contributed by atoms with van der Waals surface area (Å²) in [7, 11) is 3.06. The van der Waals surface area contributed by atoms with Crippen LogP contribution in [0.25, 0.3) is 5.76 Å². The van der Waals surface area contributed by atoms with Gasteiger partial charge < -0.3 is 19.5 Å². The highest BCUT2D eigenvalue weighted by Crippen LogP contribution is 2.40. The molecule has 0 bridgehead atoms. The van der Waals surface area contributed by atoms with E-state index in [0.29, 0.717) is 36.4 Å². The second-order valence-electron chi connectivity index (χ2n) is 6.33. The van der Waals surface area contributed by atoms with Crippen LogP contribution in [0.5, 0.6) is 5.75 Å². The number of benzene rings is 1. The van der Waals surface area contributed by atoms with Crippen LogP contribution in [0.3, 0.4) is 0 Å². The van der Waals surface area contributed by atoms with Gasteiger partial charge in [-0.3, -0.25) is 14.6 Å². The quantitative estimate of drug-likeness (QED) is 0.343. The fourth-order valence-corrected chi connectivity index (χ4v) is 3.36. The van der Waals surface area contributed by atoms with E-state index in [2.05, 4.69) is 4.98 Å². The summed E-state index contributed by atoms with van der Waals surface area (Å²) >= 11 is 0. The Morgan fingerprint density at radius 3 is 2.64 bits per heavy atom. The zero-order valence-corrected chi connectivity index (χ0v) is 15.8. The van der Waals surface area contributed by atoms with Crippen molar-refractivity contribution in [2.75, 3.05) is 27.4 Å². The Bertz CT molecular complexity index is 895. The lowest BCUT2D eigenvalue weighted by Crippen LogP contribution is -2.31. The number of nitrogens with zero attached hydrogens (tertiary/aromatic N) is 2. The predicted molar refractivity (Wildman–Crippen MR) is 103 cm³/mol. The maximum Gasteiger partial charge on any atom is 0.295 e. The lowest BCUT2D eigenvalue weighted by molar-refractivity contribution is -0.140. The minimum Gasteiger partial charge on any atom is -0.507 e. The van der Waals surface area contributed by atoms with Crippen LogP contribution in [0.1, 0.15) is 23.6 Å². The van der Waals surface area contributed by atoms with E-state index in [1.807, 2.05) is 0 Å². The molecule has 3 rings (SSSR count). The number of aliphatic hydroxyl groups excluding tert-OH is 1. The van der Waals surface area contributed by atoms with Gasteiger partial charge >= 0.3 is 0 Å². The van der Waals surface area contributed by atoms with E-state index in [9.17, 15) is 14.7 Å². The topological polar surface area (TPSA) is 89.0 Å². The zero-order chi connectivity index (χ0) is 20.1. The van der Waals surface area contributed by atoms with E-state index in [-0.39, 0.29) is 11.3 Å². The Labute approximate surface area is 163 Å². The molecule has 0 radical (unpaired) electrons. The second-order valence-corrected chi connectivity index (χ2v) is 6.33. The average molecular weight is 382 g/mol. The van der Waals surface area contributed by atoms with Crippen molar-refractivity contribution in [3.05, 3.63) is 65.5 Å². The number of hydrogen-bond acceptors (Lipinski definition) is 6. The largest absolute Gasteiger partial charge is 0.507 e. The number of hydrogen-bond donors (Lipinski definition) is 1. The lowest BCUT2D eigenvalue weighted by Gasteiger charge is -2.25. The summed E-state index contributed by atoms with van der Waals surface area (Å²) in [5.41, 5.74) is 1.03. The summed E-state index contributed by atoms with van der Waals surface area (Å²) < 4.78 is 10.4. The van der Waals surface area contributed by atoms with Crippen molar-refractivity contribution in [1.82, 2.24) is 9.88 Å². The number of para-hydroxylation sites is 1. The number of ether oxygens (including phenoxy) is 2. The third kappa shape index (κ3) is 3.61. The Morgan fingerprint density at radius 2 is 1.96 bits per heavy atom. The van der Waals surface area contributed by atoms with Gasteiger partial charge in [0.15, 0.2) is 0 Å². The monoisotopic (exact) mass is 382 g/mol. The van der Waals surface area contributed by atoms with Crippen molar-refractivity contribution in [2.45, 2.75) is 12.5 Å². The number of rotatable bonds is 7. The number of likely N-dealkylation sites (tertiary alicyclic amines) is 1. The molecule has 7 nitrogen and oxygen atoms in total. The molecule has 1 aromatic heterocycles. The maximum atomic E-state index is 12.8. The molecule has 1 N–H and O–H groups in total. The summed E-state index contributed by atoms with van der Waals surface area (Å²) in [6, 6.07) is 9.60. The molecule has 7 heteroatoms. The molecule has 1 aliphatic rings. The third-order valence-corrected chi connectivity index (χ3v) is 4.65. The highest BCUT2D eigenvalue weighted by atomic mass is 16.5. The van der Waals surface area contributed by atoms with E-state index in [1.165, 1.54) is 12.0 Å². The first-order valence-corrected chi connectivity index (χ1v) is 8.90. The molecule has 2 heterocycles. The molecule has 1 unspecified atom stereocenters. The molecule has 1 fully saturated rings. The van der Waals surface area contributed by atoms with Crippen molar-refractivity contribution in [1.29, 1.82) is 0 Å². The summed E-state index contributed by atoms with van der Waals surface area (Å²) in [6.07, 6.45) is 3.77. The molecule has 0 spiro atoms. The van der Waals surface area contributed by atoms with Crippen molar-refractivity contribution in [3.8, 4) is 5.75 Å². The SMILES string of the molecule is COCCCN1C(=O)C(=O)/C(=C(\O)c2ccccc2OC)C1c1cccnc1. The van der Waals surface area contributed by atoms with Crippen LogP contribution < -0.4 is 4.74 Å². The molecule has 1 atom stereocenters. The maximum absolute atomic E-state index is 12.8.